The number of fused-ring (bicyclic) bond motifs is 3. The maximum absolute atomic E-state index is 12.4. The van der Waals surface area contributed by atoms with Crippen LogP contribution in [0.2, 0.25) is 0 Å². The molecule has 1 N–H and O–H groups in total. The van der Waals surface area contributed by atoms with Crippen LogP contribution in [-0.4, -0.2) is 45.8 Å². The van der Waals surface area contributed by atoms with Gasteiger partial charge < -0.3 is 14.6 Å². The normalized spacial score (nSPS) is 17.8. The van der Waals surface area contributed by atoms with Gasteiger partial charge in [-0.15, -0.1) is 0 Å². The lowest BCUT2D eigenvalue weighted by atomic mass is 10.00. The molecule has 8 nitrogen and oxygen atoms in total. The molecule has 1 aliphatic rings. The summed E-state index contributed by atoms with van der Waals surface area (Å²) < 4.78 is 26.9. The molecule has 0 bridgehead atoms. The molecule has 1 unspecified atom stereocenters. The van der Waals surface area contributed by atoms with Gasteiger partial charge >= 0.3 is 0 Å². The molecule has 1 aliphatic heterocycles. The smallest absolute Gasteiger partial charge is 0.226 e. The van der Waals surface area contributed by atoms with Crippen LogP contribution < -0.4 is 4.90 Å². The molecule has 2 atom stereocenters. The number of anilines is 1. The lowest BCUT2D eigenvalue weighted by molar-refractivity contribution is 0.197. The van der Waals surface area contributed by atoms with Crippen LogP contribution in [0.15, 0.2) is 23.2 Å². The number of sulfone groups is 1. The van der Waals surface area contributed by atoms with E-state index in [0.717, 1.165) is 33.7 Å². The number of aliphatic hydroxyl groups excluding tert-OH is 1. The molecule has 0 saturated carbocycles. The average Bonchev–Trinajstić information content (AvgIpc) is 3.08. The first-order chi connectivity index (χ1) is 15.0. The van der Waals surface area contributed by atoms with Gasteiger partial charge in [0, 0.05) is 36.8 Å². The predicted molar refractivity (Wildman–Crippen MR) is 125 cm³/mol. The van der Waals surface area contributed by atoms with Crippen molar-refractivity contribution in [3.8, 4) is 0 Å². The third-order valence-electron chi connectivity index (χ3n) is 6.25. The Morgan fingerprint density at radius 2 is 1.91 bits per heavy atom. The number of hydrogen-bond acceptors (Lipinski definition) is 7. The van der Waals surface area contributed by atoms with Gasteiger partial charge in [-0.1, -0.05) is 20.8 Å². The van der Waals surface area contributed by atoms with Crippen molar-refractivity contribution in [1.82, 2.24) is 19.5 Å². The van der Waals surface area contributed by atoms with Crippen molar-refractivity contribution >= 4 is 26.8 Å². The van der Waals surface area contributed by atoms with Crippen molar-refractivity contribution in [3.63, 3.8) is 0 Å². The van der Waals surface area contributed by atoms with Gasteiger partial charge in [0.25, 0.3) is 0 Å². The summed E-state index contributed by atoms with van der Waals surface area (Å²) in [6, 6.07) is 3.64. The molecule has 2 aromatic heterocycles. The summed E-state index contributed by atoms with van der Waals surface area (Å²) in [5.41, 5.74) is 3.94. The highest BCUT2D eigenvalue weighted by molar-refractivity contribution is 7.90. The zero-order valence-electron chi connectivity index (χ0n) is 19.5. The summed E-state index contributed by atoms with van der Waals surface area (Å²) in [6.45, 7) is 11.2. The van der Waals surface area contributed by atoms with E-state index in [2.05, 4.69) is 33.3 Å². The highest BCUT2D eigenvalue weighted by Crippen LogP contribution is 2.37. The number of imidazole rings is 1. The number of aryl methyl sites for hydroxylation is 2. The van der Waals surface area contributed by atoms with Crippen molar-refractivity contribution in [2.45, 2.75) is 64.6 Å². The molecule has 4 rings (SSSR count). The van der Waals surface area contributed by atoms with Crippen molar-refractivity contribution < 1.29 is 13.5 Å². The second-order valence-corrected chi connectivity index (χ2v) is 10.9. The zero-order chi connectivity index (χ0) is 23.4. The molecule has 0 aliphatic carbocycles. The largest absolute Gasteiger partial charge is 0.389 e. The van der Waals surface area contributed by atoms with Gasteiger partial charge in [0.2, 0.25) is 5.95 Å². The Labute approximate surface area is 189 Å². The van der Waals surface area contributed by atoms with Gasteiger partial charge in [-0.25, -0.2) is 23.4 Å². The zero-order valence-corrected chi connectivity index (χ0v) is 20.3. The molecular formula is C23H31N5O3S. The third kappa shape index (κ3) is 3.77. The molecule has 32 heavy (non-hydrogen) atoms. The SMILES string of the molecule is CCc1cc2nc3n(c2cc1S(C)(=O)=O)CCN(c1ncc(C(C)O)c(C)n1)[C@@H]3C(C)C. The molecule has 3 heterocycles. The Kier molecular flexibility index (Phi) is 5.75. The maximum Gasteiger partial charge on any atom is 0.226 e. The second kappa shape index (κ2) is 8.12. The van der Waals surface area contributed by atoms with Crippen LogP contribution in [0.1, 0.15) is 62.5 Å². The molecule has 0 radical (unpaired) electrons. The topological polar surface area (TPSA) is 101 Å². The Bertz CT molecular complexity index is 1280. The molecule has 0 spiro atoms. The van der Waals surface area contributed by atoms with Gasteiger partial charge in [0.15, 0.2) is 9.84 Å². The van der Waals surface area contributed by atoms with Crippen molar-refractivity contribution in [2.75, 3.05) is 17.7 Å². The summed E-state index contributed by atoms with van der Waals surface area (Å²) in [5.74, 6) is 1.75. The number of benzene rings is 1. The van der Waals surface area contributed by atoms with Crippen molar-refractivity contribution in [3.05, 3.63) is 41.0 Å². The molecular weight excluding hydrogens is 426 g/mol. The maximum atomic E-state index is 12.4. The van der Waals surface area contributed by atoms with E-state index in [9.17, 15) is 13.5 Å². The van der Waals surface area contributed by atoms with E-state index >= 15 is 0 Å². The van der Waals surface area contributed by atoms with E-state index in [0.29, 0.717) is 30.4 Å². The minimum atomic E-state index is -3.33. The van der Waals surface area contributed by atoms with Gasteiger partial charge in [-0.2, -0.15) is 0 Å². The lowest BCUT2D eigenvalue weighted by Gasteiger charge is -2.38. The quantitative estimate of drug-likeness (QED) is 0.627. The summed E-state index contributed by atoms with van der Waals surface area (Å²) >= 11 is 0. The van der Waals surface area contributed by atoms with E-state index in [1.54, 1.807) is 19.2 Å². The van der Waals surface area contributed by atoms with Gasteiger partial charge in [0.1, 0.15) is 5.82 Å². The average molecular weight is 458 g/mol. The number of hydrogen-bond donors (Lipinski definition) is 1. The molecule has 172 valence electrons. The van der Waals surface area contributed by atoms with Crippen LogP contribution >= 0.6 is 0 Å². The summed E-state index contributed by atoms with van der Waals surface area (Å²) in [7, 11) is -3.33. The number of rotatable bonds is 5. The minimum Gasteiger partial charge on any atom is -0.389 e. The molecule has 0 fully saturated rings. The first kappa shape index (κ1) is 22.7. The highest BCUT2D eigenvalue weighted by Gasteiger charge is 2.35. The fraction of sp³-hybridized carbons (Fsp3) is 0.522. The van der Waals surface area contributed by atoms with Crippen LogP contribution in [0.5, 0.6) is 0 Å². The Morgan fingerprint density at radius 3 is 2.47 bits per heavy atom. The monoisotopic (exact) mass is 457 g/mol. The fourth-order valence-electron chi connectivity index (χ4n) is 4.68. The van der Waals surface area contributed by atoms with E-state index in [1.165, 1.54) is 6.26 Å². The van der Waals surface area contributed by atoms with Crippen LogP contribution in [0, 0.1) is 12.8 Å². The van der Waals surface area contributed by atoms with E-state index in [1.807, 2.05) is 19.9 Å². The number of aliphatic hydroxyl groups is 1. The van der Waals surface area contributed by atoms with Gasteiger partial charge in [0.05, 0.1) is 28.1 Å². The van der Waals surface area contributed by atoms with Crippen molar-refractivity contribution in [2.24, 2.45) is 5.92 Å². The van der Waals surface area contributed by atoms with E-state index < -0.39 is 15.9 Å². The first-order valence-corrected chi connectivity index (χ1v) is 12.9. The molecule has 9 heteroatoms. The highest BCUT2D eigenvalue weighted by atomic mass is 32.2. The van der Waals surface area contributed by atoms with E-state index in [-0.39, 0.29) is 12.0 Å². The van der Waals surface area contributed by atoms with Crippen LogP contribution in [0.25, 0.3) is 11.0 Å². The third-order valence-corrected chi connectivity index (χ3v) is 7.43. The van der Waals surface area contributed by atoms with Crippen LogP contribution in [0.4, 0.5) is 5.95 Å². The standard InChI is InChI=1S/C23H31N5O3S/c1-7-16-10-18-19(11-20(16)32(6,30)31)27-8-9-28(21(13(2)3)22(27)26-18)23-24-12-17(15(5)29)14(4)25-23/h10-13,15,21,29H,7-9H2,1-6H3/t15?,21-/m1/s1. The summed E-state index contributed by atoms with van der Waals surface area (Å²) in [4.78, 5) is 16.8. The summed E-state index contributed by atoms with van der Waals surface area (Å²) in [6.07, 6.45) is 2.97. The van der Waals surface area contributed by atoms with Crippen molar-refractivity contribution in [1.29, 1.82) is 0 Å². The van der Waals surface area contributed by atoms with Crippen LogP contribution in [0.3, 0.4) is 0 Å². The first-order valence-electron chi connectivity index (χ1n) is 11.0. The number of aromatic nitrogens is 4. The van der Waals surface area contributed by atoms with Crippen LogP contribution in [-0.2, 0) is 22.8 Å². The second-order valence-electron chi connectivity index (χ2n) is 8.96. The summed E-state index contributed by atoms with van der Waals surface area (Å²) in [5, 5.41) is 9.93. The lowest BCUT2D eigenvalue weighted by Crippen LogP contribution is -2.42. The molecule has 3 aromatic rings. The van der Waals surface area contributed by atoms with Gasteiger partial charge in [-0.05, 0) is 43.9 Å². The fourth-order valence-corrected chi connectivity index (χ4v) is 5.68. The minimum absolute atomic E-state index is 0.0558. The predicted octanol–water partition coefficient (Wildman–Crippen LogP) is 3.37. The Hall–Kier alpha value is -2.52. The Balaban J connectivity index is 1.86. The number of nitrogens with zero attached hydrogens (tertiary/aromatic N) is 5. The molecule has 0 saturated heterocycles. The Morgan fingerprint density at radius 1 is 1.19 bits per heavy atom. The van der Waals surface area contributed by atoms with E-state index in [4.69, 9.17) is 4.98 Å². The molecule has 0 amide bonds. The van der Waals surface area contributed by atoms with Gasteiger partial charge in [-0.3, -0.25) is 0 Å². The molecule has 1 aromatic carbocycles.